The highest BCUT2D eigenvalue weighted by molar-refractivity contribution is 5.98. The molecule has 3 N–H and O–H groups in total. The van der Waals surface area contributed by atoms with Crippen LogP contribution < -0.4 is 16.1 Å². The predicted octanol–water partition coefficient (Wildman–Crippen LogP) is 2.00. The Bertz CT molecular complexity index is 1170. The van der Waals surface area contributed by atoms with Crippen molar-refractivity contribution >= 4 is 11.8 Å². The molecule has 0 bridgehead atoms. The monoisotopic (exact) mass is 474 g/mol. The summed E-state index contributed by atoms with van der Waals surface area (Å²) >= 11 is 0. The van der Waals surface area contributed by atoms with Crippen molar-refractivity contribution in [1.29, 1.82) is 0 Å². The molecule has 182 valence electrons. The van der Waals surface area contributed by atoms with Crippen LogP contribution in [0, 0.1) is 17.6 Å². The first kappa shape index (κ1) is 23.9. The number of benzene rings is 1. The molecule has 2 atom stereocenters. The Morgan fingerprint density at radius 3 is 2.74 bits per heavy atom. The Kier molecular flexibility index (Phi) is 6.97. The lowest BCUT2D eigenvalue weighted by atomic mass is 9.84. The van der Waals surface area contributed by atoms with E-state index in [0.717, 1.165) is 38.3 Å². The summed E-state index contributed by atoms with van der Waals surface area (Å²) in [5.41, 5.74) is -1.48. The summed E-state index contributed by atoms with van der Waals surface area (Å²) in [4.78, 5) is 40.7. The predicted molar refractivity (Wildman–Crippen MR) is 121 cm³/mol. The van der Waals surface area contributed by atoms with Crippen LogP contribution in [-0.4, -0.2) is 52.6 Å². The van der Waals surface area contributed by atoms with Crippen LogP contribution in [0.3, 0.4) is 0 Å². The van der Waals surface area contributed by atoms with E-state index < -0.39 is 34.6 Å². The van der Waals surface area contributed by atoms with Gasteiger partial charge in [0.15, 0.2) is 11.4 Å². The van der Waals surface area contributed by atoms with Gasteiger partial charge >= 0.3 is 0 Å². The lowest BCUT2D eigenvalue weighted by Gasteiger charge is -2.36. The first-order valence-electron chi connectivity index (χ1n) is 11.4. The SMILES string of the molecule is CN1CCn2cc(C(=O)NCc3ccc(F)cc3F)c(=O)c(O)c2C(=O)N[C@H]2CCCC[C@H]2C1. The van der Waals surface area contributed by atoms with E-state index in [1.54, 1.807) is 0 Å². The van der Waals surface area contributed by atoms with Crippen LogP contribution >= 0.6 is 0 Å². The van der Waals surface area contributed by atoms with Crippen molar-refractivity contribution in [3.05, 3.63) is 63.1 Å². The van der Waals surface area contributed by atoms with E-state index in [2.05, 4.69) is 15.5 Å². The molecule has 2 aliphatic rings. The lowest BCUT2D eigenvalue weighted by molar-refractivity contribution is 0.0860. The summed E-state index contributed by atoms with van der Waals surface area (Å²) in [6.45, 7) is 1.35. The third-order valence-corrected chi connectivity index (χ3v) is 6.66. The Morgan fingerprint density at radius 1 is 1.21 bits per heavy atom. The van der Waals surface area contributed by atoms with Crippen LogP contribution in [0.5, 0.6) is 5.75 Å². The number of nitrogens with zero attached hydrogens (tertiary/aromatic N) is 2. The van der Waals surface area contributed by atoms with E-state index >= 15 is 0 Å². The van der Waals surface area contributed by atoms with Crippen molar-refractivity contribution in [1.82, 2.24) is 20.1 Å². The number of hydrogen-bond acceptors (Lipinski definition) is 5. The van der Waals surface area contributed by atoms with Gasteiger partial charge in [-0.15, -0.1) is 0 Å². The summed E-state index contributed by atoms with van der Waals surface area (Å²) in [6, 6.07) is 2.90. The largest absolute Gasteiger partial charge is 0.503 e. The molecule has 0 saturated heterocycles. The normalized spacial score (nSPS) is 21.2. The minimum Gasteiger partial charge on any atom is -0.503 e. The van der Waals surface area contributed by atoms with Gasteiger partial charge in [-0.1, -0.05) is 18.9 Å². The molecule has 2 heterocycles. The minimum atomic E-state index is -0.982. The molecule has 4 rings (SSSR count). The summed E-state index contributed by atoms with van der Waals surface area (Å²) < 4.78 is 28.4. The van der Waals surface area contributed by atoms with E-state index in [1.807, 2.05) is 7.05 Å². The fourth-order valence-corrected chi connectivity index (χ4v) is 4.78. The number of amides is 2. The summed E-state index contributed by atoms with van der Waals surface area (Å²) in [5.74, 6) is -3.46. The first-order chi connectivity index (χ1) is 16.2. The van der Waals surface area contributed by atoms with Crippen molar-refractivity contribution in [3.8, 4) is 5.75 Å². The number of likely N-dealkylation sites (N-methyl/N-ethyl adjacent to an activating group) is 1. The molecule has 0 radical (unpaired) electrons. The number of rotatable bonds is 3. The highest BCUT2D eigenvalue weighted by atomic mass is 19.1. The first-order valence-corrected chi connectivity index (χ1v) is 11.4. The Labute approximate surface area is 195 Å². The van der Waals surface area contributed by atoms with E-state index in [9.17, 15) is 28.3 Å². The van der Waals surface area contributed by atoms with Crippen molar-refractivity contribution < 1.29 is 23.5 Å². The maximum atomic E-state index is 13.9. The van der Waals surface area contributed by atoms with Gasteiger partial charge in [0, 0.05) is 50.0 Å². The maximum absolute atomic E-state index is 13.9. The molecule has 1 aromatic heterocycles. The van der Waals surface area contributed by atoms with Gasteiger partial charge in [0.2, 0.25) is 5.43 Å². The molecule has 0 unspecified atom stereocenters. The minimum absolute atomic E-state index is 0.0427. The van der Waals surface area contributed by atoms with Crippen LogP contribution in [0.25, 0.3) is 0 Å². The fourth-order valence-electron chi connectivity index (χ4n) is 4.78. The number of carbonyl (C=O) groups excluding carboxylic acids is 2. The van der Waals surface area contributed by atoms with Crippen molar-refractivity contribution in [2.75, 3.05) is 20.1 Å². The Balaban J connectivity index is 1.62. The number of aromatic hydroxyl groups is 1. The number of pyridine rings is 1. The molecule has 8 nitrogen and oxygen atoms in total. The molecule has 0 spiro atoms. The third kappa shape index (κ3) is 4.96. The molecular weight excluding hydrogens is 446 g/mol. The zero-order chi connectivity index (χ0) is 24.4. The zero-order valence-corrected chi connectivity index (χ0v) is 18.9. The van der Waals surface area contributed by atoms with Crippen LogP contribution in [-0.2, 0) is 13.1 Å². The lowest BCUT2D eigenvalue weighted by Crippen LogP contribution is -2.48. The van der Waals surface area contributed by atoms with Gasteiger partial charge in [0.05, 0.1) is 0 Å². The molecule has 1 aromatic carbocycles. The number of halogens is 2. The van der Waals surface area contributed by atoms with E-state index in [4.69, 9.17) is 0 Å². The summed E-state index contributed by atoms with van der Waals surface area (Å²) in [6.07, 6.45) is 5.18. The van der Waals surface area contributed by atoms with Gasteiger partial charge in [0.1, 0.15) is 17.2 Å². The average Bonchev–Trinajstić information content (AvgIpc) is 2.79. The highest BCUT2D eigenvalue weighted by Gasteiger charge is 2.31. The molecular formula is C24H28F2N4O4. The van der Waals surface area contributed by atoms with Crippen LogP contribution in [0.4, 0.5) is 8.78 Å². The second-order valence-corrected chi connectivity index (χ2v) is 9.07. The Morgan fingerprint density at radius 2 is 1.97 bits per heavy atom. The van der Waals surface area contributed by atoms with Crippen LogP contribution in [0.1, 0.15) is 52.1 Å². The topological polar surface area (TPSA) is 104 Å². The van der Waals surface area contributed by atoms with Gasteiger partial charge in [0.25, 0.3) is 11.8 Å². The molecule has 1 saturated carbocycles. The molecule has 2 aromatic rings. The second kappa shape index (κ2) is 9.92. The number of fused-ring (bicyclic) bond motifs is 2. The zero-order valence-electron chi connectivity index (χ0n) is 18.9. The molecule has 10 heteroatoms. The maximum Gasteiger partial charge on any atom is 0.272 e. The third-order valence-electron chi connectivity index (χ3n) is 6.66. The van der Waals surface area contributed by atoms with Gasteiger partial charge in [-0.3, -0.25) is 14.4 Å². The van der Waals surface area contributed by atoms with E-state index in [-0.39, 0.29) is 36.0 Å². The van der Waals surface area contributed by atoms with Gasteiger partial charge in [-0.25, -0.2) is 8.78 Å². The van der Waals surface area contributed by atoms with Crippen molar-refractivity contribution in [2.24, 2.45) is 5.92 Å². The van der Waals surface area contributed by atoms with Crippen molar-refractivity contribution in [2.45, 2.75) is 44.8 Å². The smallest absolute Gasteiger partial charge is 0.272 e. The second-order valence-electron chi connectivity index (χ2n) is 9.07. The molecule has 1 aliphatic heterocycles. The number of nitrogens with one attached hydrogen (secondary N) is 2. The van der Waals surface area contributed by atoms with E-state index in [0.29, 0.717) is 18.5 Å². The van der Waals surface area contributed by atoms with Gasteiger partial charge in [-0.2, -0.15) is 0 Å². The Hall–Kier alpha value is -3.27. The average molecular weight is 475 g/mol. The van der Waals surface area contributed by atoms with Crippen LogP contribution in [0.2, 0.25) is 0 Å². The van der Waals surface area contributed by atoms with Gasteiger partial charge < -0.3 is 25.2 Å². The fraction of sp³-hybridized carbons (Fsp3) is 0.458. The standard InChI is InChI=1S/C24H28F2N4O4/c1-29-8-9-30-13-17(23(33)27-11-14-6-7-16(25)10-18(14)26)21(31)22(32)20(30)24(34)28-19-5-3-2-4-15(19)12-29/h6-7,10,13,15,19,32H,2-5,8-9,11-12H2,1H3,(H,27,33)(H,28,34)/t15-,19-/m0/s1. The number of aromatic nitrogens is 1. The number of carbonyl (C=O) groups is 2. The highest BCUT2D eigenvalue weighted by Crippen LogP contribution is 2.27. The molecule has 2 amide bonds. The van der Waals surface area contributed by atoms with Crippen LogP contribution in [0.15, 0.2) is 29.2 Å². The molecule has 1 fully saturated rings. The van der Waals surface area contributed by atoms with Gasteiger partial charge in [-0.05, 0) is 31.9 Å². The summed E-state index contributed by atoms with van der Waals surface area (Å²) in [5, 5.41) is 16.1. The summed E-state index contributed by atoms with van der Waals surface area (Å²) in [7, 11) is 1.97. The quantitative estimate of drug-likeness (QED) is 0.632. The van der Waals surface area contributed by atoms with E-state index in [1.165, 1.54) is 16.8 Å². The molecule has 34 heavy (non-hydrogen) atoms. The number of hydrogen-bond donors (Lipinski definition) is 3. The molecule has 1 aliphatic carbocycles. The van der Waals surface area contributed by atoms with Crippen molar-refractivity contribution in [3.63, 3.8) is 0 Å².